The Balaban J connectivity index is 2.19. The number of hydrogen-bond donors (Lipinski definition) is 4. The van der Waals surface area contributed by atoms with Crippen LogP contribution >= 0.6 is 0 Å². The SMILES string of the molecule is O=C(NCC(O)CO)C1CCCCN1. The quantitative estimate of drug-likeness (QED) is 0.452. The van der Waals surface area contributed by atoms with E-state index < -0.39 is 6.10 Å². The molecule has 0 bridgehead atoms. The van der Waals surface area contributed by atoms with E-state index in [1.165, 1.54) is 0 Å². The fraction of sp³-hybridized carbons (Fsp3) is 0.889. The van der Waals surface area contributed by atoms with Crippen molar-refractivity contribution < 1.29 is 15.0 Å². The molecular formula is C9H18N2O3. The maximum atomic E-state index is 11.5. The molecule has 4 N–H and O–H groups in total. The van der Waals surface area contributed by atoms with Crippen LogP contribution in [0.25, 0.3) is 0 Å². The fourth-order valence-corrected chi connectivity index (χ4v) is 1.48. The Labute approximate surface area is 83.5 Å². The van der Waals surface area contributed by atoms with Crippen molar-refractivity contribution in [2.45, 2.75) is 31.4 Å². The van der Waals surface area contributed by atoms with Crippen molar-refractivity contribution >= 4 is 5.91 Å². The molecule has 0 aromatic heterocycles. The van der Waals surface area contributed by atoms with Gasteiger partial charge >= 0.3 is 0 Å². The smallest absolute Gasteiger partial charge is 0.237 e. The largest absolute Gasteiger partial charge is 0.394 e. The van der Waals surface area contributed by atoms with Crippen molar-refractivity contribution in [2.75, 3.05) is 19.7 Å². The van der Waals surface area contributed by atoms with Crippen LogP contribution in [0.1, 0.15) is 19.3 Å². The lowest BCUT2D eigenvalue weighted by Gasteiger charge is -2.22. The van der Waals surface area contributed by atoms with Gasteiger partial charge in [0.25, 0.3) is 0 Å². The average Bonchev–Trinajstić information content (AvgIpc) is 2.26. The van der Waals surface area contributed by atoms with Gasteiger partial charge in [-0.2, -0.15) is 0 Å². The molecule has 0 aromatic rings. The van der Waals surface area contributed by atoms with E-state index in [9.17, 15) is 4.79 Å². The number of nitrogens with one attached hydrogen (secondary N) is 2. The Hall–Kier alpha value is -0.650. The summed E-state index contributed by atoms with van der Waals surface area (Å²) in [5, 5.41) is 23.3. The number of hydrogen-bond acceptors (Lipinski definition) is 4. The molecule has 1 aliphatic rings. The van der Waals surface area contributed by atoms with Gasteiger partial charge in [0, 0.05) is 6.54 Å². The van der Waals surface area contributed by atoms with E-state index in [4.69, 9.17) is 10.2 Å². The van der Waals surface area contributed by atoms with Gasteiger partial charge in [0.15, 0.2) is 0 Å². The summed E-state index contributed by atoms with van der Waals surface area (Å²) < 4.78 is 0. The van der Waals surface area contributed by atoms with E-state index in [1.807, 2.05) is 0 Å². The van der Waals surface area contributed by atoms with Crippen molar-refractivity contribution in [1.82, 2.24) is 10.6 Å². The summed E-state index contributed by atoms with van der Waals surface area (Å²) in [5.41, 5.74) is 0. The van der Waals surface area contributed by atoms with Gasteiger partial charge in [0.05, 0.1) is 18.8 Å². The lowest BCUT2D eigenvalue weighted by atomic mass is 10.0. The molecule has 2 unspecified atom stereocenters. The summed E-state index contributed by atoms with van der Waals surface area (Å²) in [5.74, 6) is -0.0859. The van der Waals surface area contributed by atoms with E-state index in [1.54, 1.807) is 0 Å². The van der Waals surface area contributed by atoms with E-state index in [0.29, 0.717) is 0 Å². The van der Waals surface area contributed by atoms with Crippen LogP contribution < -0.4 is 10.6 Å². The third kappa shape index (κ3) is 3.61. The molecule has 1 amide bonds. The van der Waals surface area contributed by atoms with Crippen LogP contribution in [-0.4, -0.2) is 48.0 Å². The highest BCUT2D eigenvalue weighted by molar-refractivity contribution is 5.81. The van der Waals surface area contributed by atoms with Crippen LogP contribution in [0, 0.1) is 0 Å². The Morgan fingerprint density at radius 1 is 1.57 bits per heavy atom. The maximum Gasteiger partial charge on any atom is 0.237 e. The number of carbonyl (C=O) groups excluding carboxylic acids is 1. The highest BCUT2D eigenvalue weighted by Gasteiger charge is 2.20. The third-order valence-electron chi connectivity index (χ3n) is 2.35. The predicted molar refractivity (Wildman–Crippen MR) is 51.7 cm³/mol. The second kappa shape index (κ2) is 5.95. The summed E-state index contributed by atoms with van der Waals surface area (Å²) in [6, 6.07) is -0.130. The molecule has 1 rings (SSSR count). The zero-order valence-electron chi connectivity index (χ0n) is 8.20. The monoisotopic (exact) mass is 202 g/mol. The van der Waals surface area contributed by atoms with E-state index in [0.717, 1.165) is 25.8 Å². The van der Waals surface area contributed by atoms with Crippen LogP contribution in [0.4, 0.5) is 0 Å². The van der Waals surface area contributed by atoms with Crippen molar-refractivity contribution in [3.8, 4) is 0 Å². The minimum absolute atomic E-state index is 0.0859. The van der Waals surface area contributed by atoms with Gasteiger partial charge in [0.2, 0.25) is 5.91 Å². The Bertz CT molecular complexity index is 181. The third-order valence-corrected chi connectivity index (χ3v) is 2.35. The normalized spacial score (nSPS) is 24.3. The lowest BCUT2D eigenvalue weighted by Crippen LogP contribution is -2.48. The van der Waals surface area contributed by atoms with Crippen molar-refractivity contribution in [2.24, 2.45) is 0 Å². The lowest BCUT2D eigenvalue weighted by molar-refractivity contribution is -0.124. The summed E-state index contributed by atoms with van der Waals surface area (Å²) >= 11 is 0. The minimum Gasteiger partial charge on any atom is -0.394 e. The second-order valence-electron chi connectivity index (χ2n) is 3.58. The van der Waals surface area contributed by atoms with Crippen molar-refractivity contribution in [3.63, 3.8) is 0 Å². The molecule has 5 heteroatoms. The Morgan fingerprint density at radius 2 is 2.36 bits per heavy atom. The van der Waals surface area contributed by atoms with Gasteiger partial charge in [-0.05, 0) is 19.4 Å². The van der Waals surface area contributed by atoms with Gasteiger partial charge in [-0.15, -0.1) is 0 Å². The van der Waals surface area contributed by atoms with Crippen LogP contribution in [0.15, 0.2) is 0 Å². The number of amides is 1. The first kappa shape index (κ1) is 11.4. The average molecular weight is 202 g/mol. The minimum atomic E-state index is -0.859. The first-order valence-electron chi connectivity index (χ1n) is 5.04. The summed E-state index contributed by atoms with van der Waals surface area (Å²) in [6.07, 6.45) is 2.17. The number of piperidine rings is 1. The van der Waals surface area contributed by atoms with Crippen molar-refractivity contribution in [1.29, 1.82) is 0 Å². The standard InChI is InChI=1S/C9H18N2O3/c12-6-7(13)5-11-9(14)8-3-1-2-4-10-8/h7-8,10,12-13H,1-6H2,(H,11,14). The molecule has 0 aliphatic carbocycles. The molecule has 1 aliphatic heterocycles. The molecule has 1 fully saturated rings. The van der Waals surface area contributed by atoms with Gasteiger partial charge in [-0.1, -0.05) is 6.42 Å². The van der Waals surface area contributed by atoms with Crippen LogP contribution in [0.3, 0.4) is 0 Å². The Kier molecular flexibility index (Phi) is 4.86. The molecule has 1 saturated heterocycles. The predicted octanol–water partition coefficient (Wildman–Crippen LogP) is -1.40. The Morgan fingerprint density at radius 3 is 2.93 bits per heavy atom. The first-order valence-corrected chi connectivity index (χ1v) is 5.04. The van der Waals surface area contributed by atoms with Crippen LogP contribution in [0.2, 0.25) is 0 Å². The van der Waals surface area contributed by atoms with Gasteiger partial charge in [-0.25, -0.2) is 0 Å². The number of carbonyl (C=O) groups is 1. The summed E-state index contributed by atoms with van der Waals surface area (Å²) in [4.78, 5) is 11.5. The van der Waals surface area contributed by atoms with Gasteiger partial charge in [0.1, 0.15) is 0 Å². The zero-order valence-corrected chi connectivity index (χ0v) is 8.20. The molecular weight excluding hydrogens is 184 g/mol. The molecule has 0 aromatic carbocycles. The molecule has 5 nitrogen and oxygen atoms in total. The fourth-order valence-electron chi connectivity index (χ4n) is 1.48. The van der Waals surface area contributed by atoms with E-state index >= 15 is 0 Å². The van der Waals surface area contributed by atoms with E-state index in [2.05, 4.69) is 10.6 Å². The van der Waals surface area contributed by atoms with E-state index in [-0.39, 0.29) is 25.1 Å². The summed E-state index contributed by atoms with van der Waals surface area (Å²) in [6.45, 7) is 0.673. The van der Waals surface area contributed by atoms with Gasteiger partial charge in [-0.3, -0.25) is 4.79 Å². The molecule has 0 saturated carbocycles. The van der Waals surface area contributed by atoms with Gasteiger partial charge < -0.3 is 20.8 Å². The maximum absolute atomic E-state index is 11.5. The highest BCUT2D eigenvalue weighted by Crippen LogP contribution is 2.06. The zero-order chi connectivity index (χ0) is 10.4. The molecule has 0 spiro atoms. The number of aliphatic hydroxyl groups is 2. The van der Waals surface area contributed by atoms with Crippen molar-refractivity contribution in [3.05, 3.63) is 0 Å². The van der Waals surface area contributed by atoms with Crippen LogP contribution in [0.5, 0.6) is 0 Å². The highest BCUT2D eigenvalue weighted by atomic mass is 16.3. The molecule has 82 valence electrons. The first-order chi connectivity index (χ1) is 6.74. The summed E-state index contributed by atoms with van der Waals surface area (Å²) in [7, 11) is 0. The number of aliphatic hydroxyl groups excluding tert-OH is 2. The topological polar surface area (TPSA) is 81.6 Å². The molecule has 2 atom stereocenters. The number of rotatable bonds is 4. The second-order valence-corrected chi connectivity index (χ2v) is 3.58. The molecule has 14 heavy (non-hydrogen) atoms. The molecule has 0 radical (unpaired) electrons. The van der Waals surface area contributed by atoms with Crippen LogP contribution in [-0.2, 0) is 4.79 Å². The molecule has 1 heterocycles.